The summed E-state index contributed by atoms with van der Waals surface area (Å²) >= 11 is 1.57. The van der Waals surface area contributed by atoms with Gasteiger partial charge in [0.25, 0.3) is 0 Å². The van der Waals surface area contributed by atoms with Gasteiger partial charge in [-0.1, -0.05) is 11.8 Å². The maximum atomic E-state index is 5.44. The van der Waals surface area contributed by atoms with Gasteiger partial charge < -0.3 is 19.4 Å². The maximum absolute atomic E-state index is 5.44. The van der Waals surface area contributed by atoms with Gasteiger partial charge in [0.2, 0.25) is 5.95 Å². The summed E-state index contributed by atoms with van der Waals surface area (Å²) in [7, 11) is 0. The number of nitrogens with zero attached hydrogens (tertiary/aromatic N) is 7. The van der Waals surface area contributed by atoms with E-state index in [1.807, 2.05) is 25.4 Å². The molecular formula is C18H25N7OS. The van der Waals surface area contributed by atoms with Crippen LogP contribution in [0.4, 0.5) is 17.6 Å². The van der Waals surface area contributed by atoms with Crippen LogP contribution >= 0.6 is 11.8 Å². The van der Waals surface area contributed by atoms with E-state index in [0.29, 0.717) is 0 Å². The molecule has 4 rings (SSSR count). The molecule has 2 fully saturated rings. The van der Waals surface area contributed by atoms with Crippen molar-refractivity contribution in [1.82, 2.24) is 19.9 Å². The van der Waals surface area contributed by atoms with Crippen LogP contribution in [0.3, 0.4) is 0 Å². The van der Waals surface area contributed by atoms with E-state index >= 15 is 0 Å². The van der Waals surface area contributed by atoms with Gasteiger partial charge in [0.1, 0.15) is 11.6 Å². The lowest BCUT2D eigenvalue weighted by Gasteiger charge is -2.36. The Labute approximate surface area is 164 Å². The van der Waals surface area contributed by atoms with Gasteiger partial charge in [-0.3, -0.25) is 0 Å². The Hall–Kier alpha value is -2.13. The van der Waals surface area contributed by atoms with Gasteiger partial charge >= 0.3 is 0 Å². The van der Waals surface area contributed by atoms with Crippen LogP contribution in [0.25, 0.3) is 0 Å². The molecule has 0 radical (unpaired) electrons. The zero-order valence-electron chi connectivity index (χ0n) is 15.8. The van der Waals surface area contributed by atoms with E-state index in [1.54, 1.807) is 11.8 Å². The minimum absolute atomic E-state index is 0.738. The Morgan fingerprint density at radius 2 is 1.59 bits per heavy atom. The second kappa shape index (κ2) is 8.26. The molecule has 2 aliphatic heterocycles. The molecule has 0 bridgehead atoms. The molecule has 0 atom stereocenters. The predicted molar refractivity (Wildman–Crippen MR) is 108 cm³/mol. The molecule has 0 N–H and O–H groups in total. The highest BCUT2D eigenvalue weighted by Gasteiger charge is 2.22. The minimum Gasteiger partial charge on any atom is -0.378 e. The van der Waals surface area contributed by atoms with Gasteiger partial charge in [-0.05, 0) is 19.2 Å². The fourth-order valence-electron chi connectivity index (χ4n) is 3.37. The first kappa shape index (κ1) is 18.2. The molecule has 0 aliphatic carbocycles. The molecule has 0 amide bonds. The fraction of sp³-hybridized carbons (Fsp3) is 0.556. The molecule has 2 saturated heterocycles. The number of piperazine rings is 1. The summed E-state index contributed by atoms with van der Waals surface area (Å²) in [5.41, 5.74) is 1.00. The second-order valence-electron chi connectivity index (χ2n) is 6.64. The average Bonchev–Trinajstić information content (AvgIpc) is 2.74. The van der Waals surface area contributed by atoms with Crippen LogP contribution in [0.2, 0.25) is 0 Å². The molecule has 0 unspecified atom stereocenters. The average molecular weight is 388 g/mol. The van der Waals surface area contributed by atoms with Crippen LogP contribution in [0.1, 0.15) is 5.69 Å². The van der Waals surface area contributed by atoms with Crippen LogP contribution in [-0.2, 0) is 4.74 Å². The van der Waals surface area contributed by atoms with Crippen LogP contribution in [-0.4, -0.2) is 78.7 Å². The summed E-state index contributed by atoms with van der Waals surface area (Å²) in [5, 5.41) is 0.816. The minimum atomic E-state index is 0.738. The third-order valence-electron chi connectivity index (χ3n) is 4.85. The molecule has 4 heterocycles. The first-order valence-corrected chi connectivity index (χ1v) is 10.5. The Morgan fingerprint density at radius 1 is 0.889 bits per heavy atom. The van der Waals surface area contributed by atoms with Gasteiger partial charge in [0.15, 0.2) is 5.16 Å². The maximum Gasteiger partial charge on any atom is 0.227 e. The SMILES string of the molecule is CSc1nccc(N2CCN(c3cc(C)nc(N4CCOCC4)n3)CC2)n1. The van der Waals surface area contributed by atoms with Crippen LogP contribution in [0.5, 0.6) is 0 Å². The molecule has 0 saturated carbocycles. The smallest absolute Gasteiger partial charge is 0.227 e. The number of thioether (sulfide) groups is 1. The largest absolute Gasteiger partial charge is 0.378 e. The number of aryl methyl sites for hydroxylation is 1. The molecule has 2 aliphatic rings. The Bertz CT molecular complexity index is 776. The summed E-state index contributed by atoms with van der Waals surface area (Å²) in [6, 6.07) is 4.07. The number of anilines is 3. The van der Waals surface area contributed by atoms with Gasteiger partial charge in [-0.2, -0.15) is 4.98 Å². The summed E-state index contributed by atoms with van der Waals surface area (Å²) < 4.78 is 5.44. The second-order valence-corrected chi connectivity index (χ2v) is 7.42. The fourth-order valence-corrected chi connectivity index (χ4v) is 3.73. The van der Waals surface area contributed by atoms with E-state index in [4.69, 9.17) is 9.72 Å². The van der Waals surface area contributed by atoms with E-state index < -0.39 is 0 Å². The van der Waals surface area contributed by atoms with Gasteiger partial charge in [-0.15, -0.1) is 0 Å². The summed E-state index contributed by atoms with van der Waals surface area (Å²) in [5.74, 6) is 2.83. The monoisotopic (exact) mass is 387 g/mol. The first-order chi connectivity index (χ1) is 13.2. The Balaban J connectivity index is 1.45. The van der Waals surface area contributed by atoms with Crippen molar-refractivity contribution in [3.63, 3.8) is 0 Å². The standard InChI is InChI=1S/C18H25N7OS/c1-14-13-16(21-17(20-14)25-9-11-26-12-10-25)24-7-5-23(6-8-24)15-3-4-19-18(22-15)27-2/h3-4,13H,5-12H2,1-2H3. The lowest BCUT2D eigenvalue weighted by molar-refractivity contribution is 0.122. The summed E-state index contributed by atoms with van der Waals surface area (Å²) in [6.07, 6.45) is 3.84. The van der Waals surface area contributed by atoms with Crippen molar-refractivity contribution in [2.45, 2.75) is 12.1 Å². The van der Waals surface area contributed by atoms with Gasteiger partial charge in [-0.25, -0.2) is 15.0 Å². The lowest BCUT2D eigenvalue weighted by atomic mass is 10.3. The molecule has 2 aromatic heterocycles. The van der Waals surface area contributed by atoms with Crippen LogP contribution in [0.15, 0.2) is 23.5 Å². The summed E-state index contributed by atoms with van der Waals surface area (Å²) in [4.78, 5) is 25.2. The van der Waals surface area contributed by atoms with Crippen molar-refractivity contribution in [1.29, 1.82) is 0 Å². The highest BCUT2D eigenvalue weighted by Crippen LogP contribution is 2.22. The molecule has 27 heavy (non-hydrogen) atoms. The van der Waals surface area contributed by atoms with E-state index in [1.165, 1.54) is 0 Å². The van der Waals surface area contributed by atoms with E-state index in [0.717, 1.165) is 80.9 Å². The molecule has 8 nitrogen and oxygen atoms in total. The third kappa shape index (κ3) is 4.24. The summed E-state index contributed by atoms with van der Waals surface area (Å²) in [6.45, 7) is 8.88. The number of hydrogen-bond donors (Lipinski definition) is 0. The lowest BCUT2D eigenvalue weighted by Crippen LogP contribution is -2.47. The number of morpholine rings is 1. The van der Waals surface area contributed by atoms with Crippen LogP contribution in [0, 0.1) is 6.92 Å². The molecule has 144 valence electrons. The van der Waals surface area contributed by atoms with Crippen molar-refractivity contribution < 1.29 is 4.74 Å². The van der Waals surface area contributed by atoms with Gasteiger partial charge in [0, 0.05) is 57.2 Å². The highest BCUT2D eigenvalue weighted by molar-refractivity contribution is 7.98. The number of ether oxygens (including phenoxy) is 1. The first-order valence-electron chi connectivity index (χ1n) is 9.28. The van der Waals surface area contributed by atoms with Crippen molar-refractivity contribution in [3.05, 3.63) is 24.0 Å². The van der Waals surface area contributed by atoms with E-state index in [9.17, 15) is 0 Å². The van der Waals surface area contributed by atoms with Crippen molar-refractivity contribution in [3.8, 4) is 0 Å². The van der Waals surface area contributed by atoms with Crippen molar-refractivity contribution in [2.75, 3.05) is 73.4 Å². The van der Waals surface area contributed by atoms with E-state index in [2.05, 4.69) is 35.7 Å². The molecule has 9 heteroatoms. The van der Waals surface area contributed by atoms with Crippen molar-refractivity contribution in [2.24, 2.45) is 0 Å². The predicted octanol–water partition coefficient (Wildman–Crippen LogP) is 1.46. The third-order valence-corrected chi connectivity index (χ3v) is 5.41. The zero-order valence-corrected chi connectivity index (χ0v) is 16.7. The molecular weight excluding hydrogens is 362 g/mol. The van der Waals surface area contributed by atoms with Crippen molar-refractivity contribution >= 4 is 29.3 Å². The van der Waals surface area contributed by atoms with Crippen LogP contribution < -0.4 is 14.7 Å². The van der Waals surface area contributed by atoms with E-state index in [-0.39, 0.29) is 0 Å². The zero-order chi connectivity index (χ0) is 18.6. The highest BCUT2D eigenvalue weighted by atomic mass is 32.2. The quantitative estimate of drug-likeness (QED) is 0.573. The number of rotatable bonds is 4. The van der Waals surface area contributed by atoms with Gasteiger partial charge in [0.05, 0.1) is 13.2 Å². The number of aromatic nitrogens is 4. The Morgan fingerprint density at radius 3 is 2.30 bits per heavy atom. The molecule has 2 aromatic rings. The topological polar surface area (TPSA) is 70.5 Å². The normalized spacial score (nSPS) is 18.1. The molecule has 0 spiro atoms. The molecule has 0 aromatic carbocycles. The Kier molecular flexibility index (Phi) is 5.58. The number of hydrogen-bond acceptors (Lipinski definition) is 9.